The van der Waals surface area contributed by atoms with Crippen molar-refractivity contribution in [2.24, 2.45) is 0 Å². The van der Waals surface area contributed by atoms with Crippen molar-refractivity contribution in [1.29, 1.82) is 0 Å². The minimum Gasteiger partial charge on any atom is -0.167 e. The number of hydrogen-bond acceptors (Lipinski definition) is 0. The van der Waals surface area contributed by atoms with Crippen LogP contribution >= 0.6 is 11.1 Å². The van der Waals surface area contributed by atoms with Crippen molar-refractivity contribution < 1.29 is 0 Å². The molecule has 0 aliphatic heterocycles. The van der Waals surface area contributed by atoms with Gasteiger partial charge in [0.2, 0.25) is 0 Å². The average molecular weight is 371 g/mol. The summed E-state index contributed by atoms with van der Waals surface area (Å²) in [7, 11) is -1.76. The Hall–Kier alpha value is -1.05. The van der Waals surface area contributed by atoms with Gasteiger partial charge < -0.3 is 0 Å². The molecule has 0 fully saturated rings. The summed E-state index contributed by atoms with van der Waals surface area (Å²) in [4.78, 5) is 0. The van der Waals surface area contributed by atoms with E-state index in [-0.39, 0.29) is 5.41 Å². The highest BCUT2D eigenvalue weighted by molar-refractivity contribution is 7.20. The fraction of sp³-hybridized carbons (Fsp3) is 0.478. The molecule has 0 N–H and O–H groups in total. The van der Waals surface area contributed by atoms with E-state index in [0.29, 0.717) is 5.04 Å². The maximum Gasteiger partial charge on any atom is 0.157 e. The van der Waals surface area contributed by atoms with Crippen LogP contribution in [0.1, 0.15) is 50.8 Å². The van der Waals surface area contributed by atoms with Crippen molar-refractivity contribution in [3.63, 3.8) is 0 Å². The Morgan fingerprint density at radius 3 is 2.16 bits per heavy atom. The lowest BCUT2D eigenvalue weighted by Crippen LogP contribution is -2.37. The van der Waals surface area contributed by atoms with Gasteiger partial charge in [0, 0.05) is 0 Å². The lowest BCUT2D eigenvalue weighted by molar-refractivity contribution is 0.549. The zero-order chi connectivity index (χ0) is 18.5. The molecule has 1 unspecified atom stereocenters. The molecular formula is C23H31ClSi. The summed E-state index contributed by atoms with van der Waals surface area (Å²) in [5.74, 6) is 0. The fourth-order valence-electron chi connectivity index (χ4n) is 4.29. The Morgan fingerprint density at radius 2 is 1.64 bits per heavy atom. The molecular weight excluding hydrogens is 340 g/mol. The van der Waals surface area contributed by atoms with Crippen LogP contribution in [0.2, 0.25) is 18.1 Å². The molecule has 3 rings (SSSR count). The Kier molecular flexibility index (Phi) is 4.71. The molecule has 2 aromatic rings. The van der Waals surface area contributed by atoms with E-state index < -0.39 is 7.38 Å². The van der Waals surface area contributed by atoms with E-state index >= 15 is 0 Å². The van der Waals surface area contributed by atoms with Crippen LogP contribution in [-0.4, -0.2) is 7.38 Å². The summed E-state index contributed by atoms with van der Waals surface area (Å²) in [6.07, 6.45) is 3.46. The highest BCUT2D eigenvalue weighted by atomic mass is 35.6. The first kappa shape index (κ1) is 18.7. The lowest BCUT2D eigenvalue weighted by Gasteiger charge is -2.37. The largest absolute Gasteiger partial charge is 0.167 e. The molecule has 0 nitrogen and oxygen atoms in total. The van der Waals surface area contributed by atoms with E-state index in [4.69, 9.17) is 11.1 Å². The summed E-state index contributed by atoms with van der Waals surface area (Å²) < 4.78 is 0. The lowest BCUT2D eigenvalue weighted by atomic mass is 9.85. The number of fused-ring (bicyclic) bond motifs is 1. The summed E-state index contributed by atoms with van der Waals surface area (Å²) in [5, 5.41) is 0.290. The second-order valence-corrected chi connectivity index (χ2v) is 16.1. The van der Waals surface area contributed by atoms with Gasteiger partial charge in [-0.15, -0.1) is 0 Å². The normalized spacial score (nSPS) is 20.6. The number of halogens is 1. The molecule has 1 aliphatic rings. The van der Waals surface area contributed by atoms with Gasteiger partial charge in [-0.25, -0.2) is 0 Å². The molecule has 134 valence electrons. The number of hydrogen-bond donors (Lipinski definition) is 0. The molecule has 0 bridgehead atoms. The van der Waals surface area contributed by atoms with Crippen molar-refractivity contribution in [2.75, 3.05) is 0 Å². The van der Waals surface area contributed by atoms with Crippen molar-refractivity contribution in [3.05, 3.63) is 59.2 Å². The summed E-state index contributed by atoms with van der Waals surface area (Å²) in [6.45, 7) is 13.8. The second-order valence-electron chi connectivity index (χ2n) is 9.23. The molecule has 0 amide bonds. The third-order valence-corrected chi connectivity index (χ3v) is 10.7. The Balaban J connectivity index is 2.02. The smallest absolute Gasteiger partial charge is 0.157 e. The van der Waals surface area contributed by atoms with E-state index in [1.54, 1.807) is 0 Å². The predicted octanol–water partition coefficient (Wildman–Crippen LogP) is 7.34. The minimum absolute atomic E-state index is 0.197. The maximum absolute atomic E-state index is 6.99. The Bertz CT molecular complexity index is 762. The van der Waals surface area contributed by atoms with Crippen LogP contribution in [-0.2, 0) is 18.3 Å². The van der Waals surface area contributed by atoms with Crippen molar-refractivity contribution in [2.45, 2.75) is 70.5 Å². The SMILES string of the molecule is CCC1([Si](C)(C)Cl)Cc2cccc(-c3ccc(C(C)(C)C)cc3)c2C1. The van der Waals surface area contributed by atoms with Gasteiger partial charge in [-0.3, -0.25) is 0 Å². The zero-order valence-electron chi connectivity index (χ0n) is 16.5. The minimum atomic E-state index is -1.76. The highest BCUT2D eigenvalue weighted by Crippen LogP contribution is 2.55. The zero-order valence-corrected chi connectivity index (χ0v) is 18.3. The van der Waals surface area contributed by atoms with Crippen LogP contribution in [0, 0.1) is 0 Å². The quantitative estimate of drug-likeness (QED) is 0.391. The van der Waals surface area contributed by atoms with Crippen molar-refractivity contribution in [1.82, 2.24) is 0 Å². The van der Waals surface area contributed by atoms with Crippen LogP contribution in [0.5, 0.6) is 0 Å². The molecule has 0 spiro atoms. The molecule has 1 atom stereocenters. The Morgan fingerprint density at radius 1 is 1.00 bits per heavy atom. The Labute approximate surface area is 159 Å². The fourth-order valence-corrected chi connectivity index (χ4v) is 7.14. The molecule has 2 heteroatoms. The third-order valence-electron chi connectivity index (χ3n) is 6.32. The topological polar surface area (TPSA) is 0 Å². The van der Waals surface area contributed by atoms with Gasteiger partial charge in [0.15, 0.2) is 7.38 Å². The van der Waals surface area contributed by atoms with E-state index in [1.807, 2.05) is 0 Å². The van der Waals surface area contributed by atoms with E-state index in [2.05, 4.69) is 83.3 Å². The first-order chi connectivity index (χ1) is 11.6. The van der Waals surface area contributed by atoms with Crippen molar-refractivity contribution >= 4 is 18.5 Å². The van der Waals surface area contributed by atoms with Crippen LogP contribution in [0.4, 0.5) is 0 Å². The average Bonchev–Trinajstić information content (AvgIpc) is 2.94. The monoisotopic (exact) mass is 370 g/mol. The number of rotatable bonds is 3. The van der Waals surface area contributed by atoms with Crippen molar-refractivity contribution in [3.8, 4) is 11.1 Å². The first-order valence-electron chi connectivity index (χ1n) is 9.48. The number of benzene rings is 2. The van der Waals surface area contributed by atoms with Crippen LogP contribution < -0.4 is 0 Å². The molecule has 0 heterocycles. The molecule has 0 radical (unpaired) electrons. The molecule has 25 heavy (non-hydrogen) atoms. The van der Waals surface area contributed by atoms with Crippen LogP contribution in [0.15, 0.2) is 42.5 Å². The van der Waals surface area contributed by atoms with Crippen LogP contribution in [0.25, 0.3) is 11.1 Å². The van der Waals surface area contributed by atoms with Gasteiger partial charge in [-0.2, -0.15) is 11.1 Å². The van der Waals surface area contributed by atoms with Gasteiger partial charge in [0.05, 0.1) is 0 Å². The van der Waals surface area contributed by atoms with E-state index in [0.717, 1.165) is 12.8 Å². The van der Waals surface area contributed by atoms with Crippen LogP contribution in [0.3, 0.4) is 0 Å². The van der Waals surface area contributed by atoms with E-state index in [9.17, 15) is 0 Å². The van der Waals surface area contributed by atoms with Gasteiger partial charge in [-0.1, -0.05) is 89.7 Å². The maximum atomic E-state index is 6.99. The molecule has 0 saturated heterocycles. The standard InChI is InChI=1S/C23H31ClSi/c1-7-23(25(5,6)24)15-18-9-8-10-20(21(18)16-23)17-11-13-19(14-12-17)22(2,3)4/h8-14H,7,15-16H2,1-6H3. The first-order valence-corrected chi connectivity index (χ1v) is 13.5. The molecule has 0 aromatic heterocycles. The summed E-state index contributed by atoms with van der Waals surface area (Å²) in [6, 6.07) is 16.0. The molecule has 0 saturated carbocycles. The van der Waals surface area contributed by atoms with E-state index in [1.165, 1.54) is 34.2 Å². The highest BCUT2D eigenvalue weighted by Gasteiger charge is 2.48. The molecule has 2 aromatic carbocycles. The third kappa shape index (κ3) is 3.33. The van der Waals surface area contributed by atoms with Gasteiger partial charge in [0.25, 0.3) is 0 Å². The molecule has 1 aliphatic carbocycles. The van der Waals surface area contributed by atoms with Gasteiger partial charge in [0.1, 0.15) is 0 Å². The summed E-state index contributed by atoms with van der Waals surface area (Å²) >= 11 is 6.99. The summed E-state index contributed by atoms with van der Waals surface area (Å²) in [5.41, 5.74) is 7.38. The second kappa shape index (κ2) is 6.28. The van der Waals surface area contributed by atoms with Gasteiger partial charge in [-0.05, 0) is 51.1 Å². The van der Waals surface area contributed by atoms with Gasteiger partial charge >= 0.3 is 0 Å². The predicted molar refractivity (Wildman–Crippen MR) is 114 cm³/mol.